The molecule has 0 fully saturated rings. The van der Waals surface area contributed by atoms with Gasteiger partial charge in [0.1, 0.15) is 11.0 Å². The minimum absolute atomic E-state index is 0.0856. The number of aromatic nitrogens is 3. The van der Waals surface area contributed by atoms with Crippen molar-refractivity contribution >= 4 is 32.7 Å². The largest absolute Gasteiger partial charge is 0.382 e. The maximum absolute atomic E-state index is 12.6. The summed E-state index contributed by atoms with van der Waals surface area (Å²) in [5.74, 6) is -0.339. The van der Waals surface area contributed by atoms with Gasteiger partial charge in [-0.2, -0.15) is 0 Å². The van der Waals surface area contributed by atoms with E-state index in [9.17, 15) is 13.2 Å². The number of sulfonamides is 1. The number of fused-ring (bicyclic) bond motifs is 2. The zero-order valence-electron chi connectivity index (χ0n) is 17.0. The van der Waals surface area contributed by atoms with Crippen LogP contribution in [0, 0.1) is 0 Å². The molecule has 1 aromatic heterocycles. The second kappa shape index (κ2) is 7.69. The van der Waals surface area contributed by atoms with E-state index in [0.717, 1.165) is 34.1 Å². The second-order valence-corrected chi connectivity index (χ2v) is 9.63. The van der Waals surface area contributed by atoms with Crippen LogP contribution in [-0.2, 0) is 27.7 Å². The van der Waals surface area contributed by atoms with Gasteiger partial charge in [0.2, 0.25) is 16.1 Å². The van der Waals surface area contributed by atoms with Crippen molar-refractivity contribution in [1.29, 1.82) is 0 Å². The summed E-state index contributed by atoms with van der Waals surface area (Å²) in [7, 11) is -0.713. The highest BCUT2D eigenvalue weighted by Crippen LogP contribution is 2.25. The van der Waals surface area contributed by atoms with Crippen molar-refractivity contribution in [3.8, 4) is 0 Å². The molecule has 1 N–H and O–H groups in total. The van der Waals surface area contributed by atoms with E-state index in [1.54, 1.807) is 13.0 Å². The van der Waals surface area contributed by atoms with Crippen molar-refractivity contribution in [1.82, 2.24) is 19.5 Å². The van der Waals surface area contributed by atoms with E-state index in [0.29, 0.717) is 11.0 Å². The molecule has 4 rings (SSSR count). The number of rotatable bonds is 6. The maximum atomic E-state index is 12.6. The normalized spacial score (nSPS) is 14.7. The van der Waals surface area contributed by atoms with Gasteiger partial charge in [-0.3, -0.25) is 4.79 Å². The lowest BCUT2D eigenvalue weighted by molar-refractivity contribution is -0.127. The first-order chi connectivity index (χ1) is 14.3. The fraction of sp³-hybridized carbons (Fsp3) is 0.350. The molecule has 0 aliphatic heterocycles. The van der Waals surface area contributed by atoms with Gasteiger partial charge in [-0.05, 0) is 72.9 Å². The first-order valence-electron chi connectivity index (χ1n) is 9.63. The van der Waals surface area contributed by atoms with Crippen LogP contribution in [0.3, 0.4) is 0 Å². The van der Waals surface area contributed by atoms with Gasteiger partial charge in [0.25, 0.3) is 5.91 Å². The van der Waals surface area contributed by atoms with Gasteiger partial charge in [-0.1, -0.05) is 10.9 Å². The predicted molar refractivity (Wildman–Crippen MR) is 112 cm³/mol. The quantitative estimate of drug-likeness (QED) is 0.638. The Kier molecular flexibility index (Phi) is 5.20. The highest BCUT2D eigenvalue weighted by molar-refractivity contribution is 7.89. The van der Waals surface area contributed by atoms with Crippen LogP contribution < -0.4 is 10.2 Å². The van der Waals surface area contributed by atoms with Crippen LogP contribution in [0.5, 0.6) is 0 Å². The third-order valence-corrected chi connectivity index (χ3v) is 6.97. The number of hydrogen-bond acceptors (Lipinski definition) is 6. The van der Waals surface area contributed by atoms with Crippen LogP contribution >= 0.6 is 0 Å². The van der Waals surface area contributed by atoms with E-state index in [-0.39, 0.29) is 10.8 Å². The number of hydrogen-bond donors (Lipinski definition) is 1. The van der Waals surface area contributed by atoms with Gasteiger partial charge < -0.3 is 10.2 Å². The third kappa shape index (κ3) is 3.75. The SMILES string of the molecule is CC(On1nnc2ccc(S(=O)(=O)N(C)C)cc21)C(=O)Nc1ccc2c(c1)CCC2. The summed E-state index contributed by atoms with van der Waals surface area (Å²) >= 11 is 0. The Morgan fingerprint density at radius 2 is 1.93 bits per heavy atom. The van der Waals surface area contributed by atoms with E-state index in [1.807, 2.05) is 18.2 Å². The molecule has 0 saturated carbocycles. The molecule has 30 heavy (non-hydrogen) atoms. The molecule has 1 aliphatic carbocycles. The first-order valence-corrected chi connectivity index (χ1v) is 11.1. The van der Waals surface area contributed by atoms with Crippen molar-refractivity contribution in [2.45, 2.75) is 37.2 Å². The minimum Gasteiger partial charge on any atom is -0.382 e. The highest BCUT2D eigenvalue weighted by atomic mass is 32.2. The van der Waals surface area contributed by atoms with Crippen molar-refractivity contribution in [2.75, 3.05) is 19.4 Å². The van der Waals surface area contributed by atoms with Crippen LogP contribution in [0.4, 0.5) is 5.69 Å². The number of carbonyl (C=O) groups is 1. The van der Waals surface area contributed by atoms with Crippen LogP contribution in [-0.4, -0.2) is 54.0 Å². The lowest BCUT2D eigenvalue weighted by Crippen LogP contribution is -2.35. The molecule has 10 heteroatoms. The Balaban J connectivity index is 1.52. The number of amides is 1. The summed E-state index contributed by atoms with van der Waals surface area (Å²) in [6, 6.07) is 10.4. The van der Waals surface area contributed by atoms with Gasteiger partial charge in [0.05, 0.1) is 4.90 Å². The van der Waals surface area contributed by atoms with Gasteiger partial charge in [0.15, 0.2) is 0 Å². The van der Waals surface area contributed by atoms with E-state index in [1.165, 1.54) is 37.4 Å². The molecule has 3 aromatic rings. The molecule has 0 bridgehead atoms. The standard InChI is InChI=1S/C20H23N5O4S/c1-13(20(26)21-16-8-7-14-5-4-6-15(14)11-16)29-25-19-12-17(30(27,28)24(2)3)9-10-18(19)22-23-25/h7-13H,4-6H2,1-3H3,(H,21,26). The Bertz CT molecular complexity index is 1220. The maximum Gasteiger partial charge on any atom is 0.267 e. The highest BCUT2D eigenvalue weighted by Gasteiger charge is 2.22. The Morgan fingerprint density at radius 1 is 1.17 bits per heavy atom. The summed E-state index contributed by atoms with van der Waals surface area (Å²) in [5, 5.41) is 10.7. The van der Waals surface area contributed by atoms with E-state index >= 15 is 0 Å². The molecular formula is C20H23N5O4S. The molecule has 0 radical (unpaired) electrons. The number of aryl methyl sites for hydroxylation is 2. The fourth-order valence-corrected chi connectivity index (χ4v) is 4.34. The summed E-state index contributed by atoms with van der Waals surface area (Å²) in [4.78, 5) is 19.4. The molecule has 1 atom stereocenters. The lowest BCUT2D eigenvalue weighted by atomic mass is 10.1. The molecule has 1 unspecified atom stereocenters. The van der Waals surface area contributed by atoms with E-state index in [2.05, 4.69) is 15.6 Å². The van der Waals surface area contributed by atoms with Crippen LogP contribution in [0.1, 0.15) is 24.5 Å². The third-order valence-electron chi connectivity index (χ3n) is 5.16. The van der Waals surface area contributed by atoms with Gasteiger partial charge in [-0.15, -0.1) is 5.10 Å². The Labute approximate surface area is 174 Å². The molecule has 9 nitrogen and oxygen atoms in total. The molecule has 1 heterocycles. The first kappa shape index (κ1) is 20.3. The number of benzene rings is 2. The Hall–Kier alpha value is -2.98. The summed E-state index contributed by atoms with van der Waals surface area (Å²) in [6.07, 6.45) is 2.36. The van der Waals surface area contributed by atoms with E-state index < -0.39 is 16.1 Å². The molecule has 0 saturated heterocycles. The smallest absolute Gasteiger partial charge is 0.267 e. The topological polar surface area (TPSA) is 106 Å². The lowest BCUT2D eigenvalue weighted by Gasteiger charge is -2.15. The van der Waals surface area contributed by atoms with Crippen LogP contribution in [0.2, 0.25) is 0 Å². The Morgan fingerprint density at radius 3 is 2.70 bits per heavy atom. The number of nitrogens with one attached hydrogen (secondary N) is 1. The molecule has 0 spiro atoms. The zero-order valence-corrected chi connectivity index (χ0v) is 17.8. The number of anilines is 1. The monoisotopic (exact) mass is 429 g/mol. The van der Waals surface area contributed by atoms with Crippen molar-refractivity contribution in [2.24, 2.45) is 0 Å². The van der Waals surface area contributed by atoms with E-state index in [4.69, 9.17) is 4.84 Å². The second-order valence-electron chi connectivity index (χ2n) is 7.47. The number of nitrogens with zero attached hydrogens (tertiary/aromatic N) is 4. The molecular weight excluding hydrogens is 406 g/mol. The number of carbonyl (C=O) groups excluding carboxylic acids is 1. The average molecular weight is 430 g/mol. The van der Waals surface area contributed by atoms with Gasteiger partial charge in [0, 0.05) is 19.8 Å². The summed E-state index contributed by atoms with van der Waals surface area (Å²) in [6.45, 7) is 1.59. The zero-order chi connectivity index (χ0) is 21.5. The van der Waals surface area contributed by atoms with Gasteiger partial charge >= 0.3 is 0 Å². The fourth-order valence-electron chi connectivity index (χ4n) is 3.42. The molecule has 2 aromatic carbocycles. The molecule has 158 valence electrons. The predicted octanol–water partition coefficient (Wildman–Crippen LogP) is 1.63. The van der Waals surface area contributed by atoms with Crippen LogP contribution in [0.25, 0.3) is 11.0 Å². The minimum atomic E-state index is -3.62. The summed E-state index contributed by atoms with van der Waals surface area (Å²) < 4.78 is 25.9. The van der Waals surface area contributed by atoms with Gasteiger partial charge in [-0.25, -0.2) is 12.7 Å². The average Bonchev–Trinajstić information content (AvgIpc) is 3.34. The van der Waals surface area contributed by atoms with Crippen molar-refractivity contribution in [3.63, 3.8) is 0 Å². The van der Waals surface area contributed by atoms with Crippen molar-refractivity contribution < 1.29 is 18.0 Å². The molecule has 1 amide bonds. The summed E-state index contributed by atoms with van der Waals surface area (Å²) in [5.41, 5.74) is 4.13. The van der Waals surface area contributed by atoms with Crippen LogP contribution in [0.15, 0.2) is 41.3 Å². The molecule has 1 aliphatic rings. The van der Waals surface area contributed by atoms with Crippen molar-refractivity contribution in [3.05, 3.63) is 47.5 Å².